The molecule has 3 rings (SSSR count). The Labute approximate surface area is 168 Å². The molecule has 0 aromatic carbocycles. The van der Waals surface area contributed by atoms with Crippen molar-refractivity contribution in [3.63, 3.8) is 0 Å². The quantitative estimate of drug-likeness (QED) is 0.578. The second-order valence-corrected chi connectivity index (χ2v) is 9.01. The lowest BCUT2D eigenvalue weighted by molar-refractivity contribution is -0.140. The molecule has 4 amide bonds. The summed E-state index contributed by atoms with van der Waals surface area (Å²) in [6, 6.07) is 3.17. The van der Waals surface area contributed by atoms with Crippen molar-refractivity contribution < 1.29 is 14.4 Å². The minimum absolute atomic E-state index is 0.0698. The van der Waals surface area contributed by atoms with Crippen LogP contribution in [0.25, 0.3) is 0 Å². The molecule has 1 saturated heterocycles. The van der Waals surface area contributed by atoms with E-state index in [1.165, 1.54) is 11.3 Å². The summed E-state index contributed by atoms with van der Waals surface area (Å²) in [5.41, 5.74) is -0.847. The van der Waals surface area contributed by atoms with Crippen molar-refractivity contribution in [2.75, 3.05) is 13.1 Å². The highest BCUT2D eigenvalue weighted by Crippen LogP contribution is 2.38. The molecule has 1 aromatic rings. The lowest BCUT2D eigenvalue weighted by Gasteiger charge is -2.36. The van der Waals surface area contributed by atoms with E-state index in [4.69, 9.17) is 11.6 Å². The second-order valence-electron chi connectivity index (χ2n) is 7.21. The Balaban J connectivity index is 1.72. The number of hydrogen-bond donors (Lipinski definition) is 1. The first-order valence-electron chi connectivity index (χ1n) is 9.14. The second kappa shape index (κ2) is 8.02. The number of urea groups is 1. The van der Waals surface area contributed by atoms with Crippen LogP contribution in [0.1, 0.15) is 37.5 Å². The van der Waals surface area contributed by atoms with E-state index in [9.17, 15) is 14.4 Å². The van der Waals surface area contributed by atoms with Crippen molar-refractivity contribution in [1.29, 1.82) is 0 Å². The molecular formula is C19H24ClN3O3S. The molecule has 27 heavy (non-hydrogen) atoms. The molecule has 1 spiro atoms. The van der Waals surface area contributed by atoms with E-state index in [0.29, 0.717) is 23.8 Å². The number of thiophene rings is 1. The maximum atomic E-state index is 13.0. The molecule has 1 N–H and O–H groups in total. The van der Waals surface area contributed by atoms with Gasteiger partial charge in [-0.15, -0.1) is 17.9 Å². The molecule has 1 saturated carbocycles. The van der Waals surface area contributed by atoms with E-state index in [1.807, 2.05) is 13.0 Å². The van der Waals surface area contributed by atoms with Crippen LogP contribution in [0.2, 0.25) is 4.34 Å². The van der Waals surface area contributed by atoms with E-state index in [-0.39, 0.29) is 24.3 Å². The summed E-state index contributed by atoms with van der Waals surface area (Å²) >= 11 is 7.36. The lowest BCUT2D eigenvalue weighted by atomic mass is 9.73. The molecule has 2 fully saturated rings. The minimum Gasteiger partial charge on any atom is -0.332 e. The van der Waals surface area contributed by atoms with E-state index in [2.05, 4.69) is 11.9 Å². The molecule has 6 nitrogen and oxygen atoms in total. The molecule has 2 atom stereocenters. The van der Waals surface area contributed by atoms with E-state index in [1.54, 1.807) is 17.0 Å². The van der Waals surface area contributed by atoms with Gasteiger partial charge in [0.25, 0.3) is 5.91 Å². The number of rotatable bonds is 6. The van der Waals surface area contributed by atoms with E-state index < -0.39 is 11.6 Å². The van der Waals surface area contributed by atoms with Gasteiger partial charge in [0, 0.05) is 11.4 Å². The molecule has 0 bridgehead atoms. The summed E-state index contributed by atoms with van der Waals surface area (Å²) in [5, 5.41) is 2.88. The molecule has 1 aliphatic heterocycles. The molecule has 8 heteroatoms. The maximum absolute atomic E-state index is 13.0. The van der Waals surface area contributed by atoms with Crippen LogP contribution < -0.4 is 5.32 Å². The molecule has 146 valence electrons. The third-order valence-electron chi connectivity index (χ3n) is 5.47. The van der Waals surface area contributed by atoms with Crippen LogP contribution in [-0.2, 0) is 16.1 Å². The van der Waals surface area contributed by atoms with Gasteiger partial charge in [-0.2, -0.15) is 0 Å². The molecular weight excluding hydrogens is 386 g/mol. The normalized spacial score (nSPS) is 25.0. The van der Waals surface area contributed by atoms with E-state index >= 15 is 0 Å². The molecule has 2 aliphatic rings. The van der Waals surface area contributed by atoms with Crippen molar-refractivity contribution in [3.8, 4) is 0 Å². The number of carbonyl (C=O) groups is 3. The first-order valence-corrected chi connectivity index (χ1v) is 10.3. The molecule has 0 unspecified atom stereocenters. The van der Waals surface area contributed by atoms with Crippen molar-refractivity contribution in [3.05, 3.63) is 34.0 Å². The van der Waals surface area contributed by atoms with Gasteiger partial charge in [-0.25, -0.2) is 4.79 Å². The highest BCUT2D eigenvalue weighted by molar-refractivity contribution is 7.16. The number of amides is 4. The standard InChI is InChI=1S/C19H24ClN3O3S/c1-3-10-22(11-14-7-8-15(20)27-14)16(24)12-23-17(25)19(21-18(23)26)9-5-4-6-13(19)2/h3,7-8,13H,1,4-6,9-12H2,2H3,(H,21,26)/t13-,19-/m0/s1. The van der Waals surface area contributed by atoms with Gasteiger partial charge in [0.2, 0.25) is 5.91 Å². The lowest BCUT2D eigenvalue weighted by Crippen LogP contribution is -2.54. The summed E-state index contributed by atoms with van der Waals surface area (Å²) < 4.78 is 0.651. The number of imide groups is 1. The summed E-state index contributed by atoms with van der Waals surface area (Å²) in [4.78, 5) is 41.9. The minimum atomic E-state index is -0.847. The van der Waals surface area contributed by atoms with Crippen LogP contribution in [0.3, 0.4) is 0 Å². The Bertz CT molecular complexity index is 765. The monoisotopic (exact) mass is 409 g/mol. The molecule has 1 aliphatic carbocycles. The highest BCUT2D eigenvalue weighted by atomic mass is 35.5. The highest BCUT2D eigenvalue weighted by Gasteiger charge is 2.55. The fourth-order valence-corrected chi connectivity index (χ4v) is 5.01. The van der Waals surface area contributed by atoms with Gasteiger partial charge in [0.05, 0.1) is 10.9 Å². The largest absolute Gasteiger partial charge is 0.332 e. The summed E-state index contributed by atoms with van der Waals surface area (Å²) in [6.45, 7) is 6.13. The Hall–Kier alpha value is -1.86. The van der Waals surface area contributed by atoms with Gasteiger partial charge in [-0.05, 0) is 30.9 Å². The average molecular weight is 410 g/mol. The first-order chi connectivity index (χ1) is 12.9. The third kappa shape index (κ3) is 3.89. The SMILES string of the molecule is C=CCN(Cc1ccc(Cl)s1)C(=O)CN1C(=O)N[C@]2(CCCC[C@@H]2C)C1=O. The number of carbonyl (C=O) groups excluding carboxylic acids is 3. The Morgan fingerprint density at radius 1 is 1.48 bits per heavy atom. The van der Waals surface area contributed by atoms with Crippen LogP contribution >= 0.6 is 22.9 Å². The number of hydrogen-bond acceptors (Lipinski definition) is 4. The Kier molecular flexibility index (Phi) is 5.91. The average Bonchev–Trinajstić information content (AvgIpc) is 3.14. The van der Waals surface area contributed by atoms with Crippen molar-refractivity contribution in [2.45, 2.75) is 44.7 Å². The summed E-state index contributed by atoms with van der Waals surface area (Å²) in [5.74, 6) is -0.491. The summed E-state index contributed by atoms with van der Waals surface area (Å²) in [6.07, 6.45) is 5.12. The third-order valence-corrected chi connectivity index (χ3v) is 6.69. The topological polar surface area (TPSA) is 69.7 Å². The smallest absolute Gasteiger partial charge is 0.325 e. The Morgan fingerprint density at radius 3 is 2.89 bits per heavy atom. The van der Waals surface area contributed by atoms with Crippen LogP contribution in [0.4, 0.5) is 4.79 Å². The first kappa shape index (κ1) is 19.9. The van der Waals surface area contributed by atoms with Gasteiger partial charge < -0.3 is 10.2 Å². The Morgan fingerprint density at radius 2 is 2.26 bits per heavy atom. The number of nitrogens with one attached hydrogen (secondary N) is 1. The van der Waals surface area contributed by atoms with Gasteiger partial charge in [0.1, 0.15) is 12.1 Å². The zero-order valence-corrected chi connectivity index (χ0v) is 16.9. The van der Waals surface area contributed by atoms with Crippen LogP contribution in [0.15, 0.2) is 24.8 Å². The predicted octanol–water partition coefficient (Wildman–Crippen LogP) is 3.42. The van der Waals surface area contributed by atoms with E-state index in [0.717, 1.165) is 29.0 Å². The number of nitrogens with zero attached hydrogens (tertiary/aromatic N) is 2. The molecule has 1 aromatic heterocycles. The van der Waals surface area contributed by atoms with Gasteiger partial charge in [0.15, 0.2) is 0 Å². The van der Waals surface area contributed by atoms with Gasteiger partial charge in [-0.1, -0.05) is 37.4 Å². The van der Waals surface area contributed by atoms with Crippen LogP contribution in [-0.4, -0.2) is 46.3 Å². The van der Waals surface area contributed by atoms with Crippen LogP contribution in [0, 0.1) is 5.92 Å². The zero-order valence-electron chi connectivity index (χ0n) is 15.4. The zero-order chi connectivity index (χ0) is 19.6. The maximum Gasteiger partial charge on any atom is 0.325 e. The van der Waals surface area contributed by atoms with Crippen molar-refractivity contribution in [1.82, 2.24) is 15.1 Å². The van der Waals surface area contributed by atoms with Crippen molar-refractivity contribution in [2.24, 2.45) is 5.92 Å². The molecule has 2 heterocycles. The van der Waals surface area contributed by atoms with Crippen LogP contribution in [0.5, 0.6) is 0 Å². The molecule has 0 radical (unpaired) electrons. The predicted molar refractivity (Wildman–Crippen MR) is 106 cm³/mol. The van der Waals surface area contributed by atoms with Gasteiger partial charge >= 0.3 is 6.03 Å². The fourth-order valence-electron chi connectivity index (χ4n) is 3.91. The summed E-state index contributed by atoms with van der Waals surface area (Å²) in [7, 11) is 0. The van der Waals surface area contributed by atoms with Crippen molar-refractivity contribution >= 4 is 40.8 Å². The number of halogens is 1. The van der Waals surface area contributed by atoms with Gasteiger partial charge in [-0.3, -0.25) is 14.5 Å². The fraction of sp³-hybridized carbons (Fsp3) is 0.526.